The second-order valence-corrected chi connectivity index (χ2v) is 5.98. The molecule has 1 aliphatic heterocycles. The lowest BCUT2D eigenvalue weighted by atomic mass is 10.2. The molecule has 0 spiro atoms. The fourth-order valence-corrected chi connectivity index (χ4v) is 3.94. The maximum atomic E-state index is 4.51. The predicted molar refractivity (Wildman–Crippen MR) is 72.7 cm³/mol. The van der Waals surface area contributed by atoms with E-state index in [9.17, 15) is 0 Å². The van der Waals surface area contributed by atoms with Crippen molar-refractivity contribution in [3.8, 4) is 0 Å². The van der Waals surface area contributed by atoms with Gasteiger partial charge in [0.25, 0.3) is 0 Å². The number of nitrogens with zero attached hydrogens (tertiary/aromatic N) is 2. The third-order valence-electron chi connectivity index (χ3n) is 3.01. The smallest absolute Gasteiger partial charge is 0.115 e. The molecule has 1 N–H and O–H groups in total. The van der Waals surface area contributed by atoms with E-state index in [2.05, 4.69) is 38.1 Å². The molecule has 1 atom stereocenters. The van der Waals surface area contributed by atoms with Crippen molar-refractivity contribution in [2.45, 2.75) is 6.04 Å². The number of hydrogen-bond donors (Lipinski definition) is 1. The van der Waals surface area contributed by atoms with E-state index >= 15 is 0 Å². The van der Waals surface area contributed by atoms with Crippen molar-refractivity contribution < 1.29 is 0 Å². The van der Waals surface area contributed by atoms with Gasteiger partial charge < -0.3 is 5.32 Å². The van der Waals surface area contributed by atoms with E-state index in [4.69, 9.17) is 0 Å². The van der Waals surface area contributed by atoms with Gasteiger partial charge in [-0.15, -0.1) is 22.7 Å². The van der Waals surface area contributed by atoms with Crippen LogP contribution in [0.15, 0.2) is 29.1 Å². The quantitative estimate of drug-likeness (QED) is 0.922. The van der Waals surface area contributed by atoms with Gasteiger partial charge in [-0.1, -0.05) is 6.07 Å². The van der Waals surface area contributed by atoms with Gasteiger partial charge in [-0.25, -0.2) is 4.98 Å². The summed E-state index contributed by atoms with van der Waals surface area (Å²) in [5.41, 5.74) is 0. The third-order valence-corrected chi connectivity index (χ3v) is 4.77. The first-order chi connectivity index (χ1) is 8.45. The monoisotopic (exact) mass is 265 g/mol. The first-order valence-corrected chi connectivity index (χ1v) is 7.58. The van der Waals surface area contributed by atoms with Gasteiger partial charge in [0, 0.05) is 42.6 Å². The molecule has 3 rings (SSSR count). The van der Waals surface area contributed by atoms with Crippen molar-refractivity contribution in [1.29, 1.82) is 0 Å². The van der Waals surface area contributed by atoms with Gasteiger partial charge in [0.1, 0.15) is 5.01 Å². The Morgan fingerprint density at radius 3 is 2.76 bits per heavy atom. The number of rotatable bonds is 3. The van der Waals surface area contributed by atoms with Crippen molar-refractivity contribution in [2.75, 3.05) is 26.2 Å². The molecule has 0 aromatic carbocycles. The fraction of sp³-hybridized carbons (Fsp3) is 0.417. The zero-order valence-electron chi connectivity index (χ0n) is 9.50. The summed E-state index contributed by atoms with van der Waals surface area (Å²) in [5, 5.41) is 8.84. The number of thiophene rings is 1. The van der Waals surface area contributed by atoms with E-state index in [1.165, 1.54) is 9.88 Å². The highest BCUT2D eigenvalue weighted by Gasteiger charge is 2.26. The highest BCUT2D eigenvalue weighted by atomic mass is 32.1. The summed E-state index contributed by atoms with van der Waals surface area (Å²) in [4.78, 5) is 8.44. The Hall–Kier alpha value is -0.750. The zero-order valence-corrected chi connectivity index (χ0v) is 11.1. The van der Waals surface area contributed by atoms with Gasteiger partial charge in [0.05, 0.1) is 6.04 Å². The first kappa shape index (κ1) is 11.3. The number of hydrogen-bond acceptors (Lipinski definition) is 5. The molecular weight excluding hydrogens is 250 g/mol. The Morgan fingerprint density at radius 2 is 2.12 bits per heavy atom. The van der Waals surface area contributed by atoms with Crippen LogP contribution in [0.2, 0.25) is 0 Å². The van der Waals surface area contributed by atoms with E-state index in [0.29, 0.717) is 6.04 Å². The minimum Gasteiger partial charge on any atom is -0.314 e. The second-order valence-electron chi connectivity index (χ2n) is 4.07. The average molecular weight is 265 g/mol. The van der Waals surface area contributed by atoms with E-state index in [-0.39, 0.29) is 0 Å². The average Bonchev–Trinajstić information content (AvgIpc) is 3.04. The van der Waals surface area contributed by atoms with Crippen LogP contribution in [0.5, 0.6) is 0 Å². The molecule has 2 aromatic heterocycles. The largest absolute Gasteiger partial charge is 0.314 e. The zero-order chi connectivity index (χ0) is 11.5. The topological polar surface area (TPSA) is 28.2 Å². The lowest BCUT2D eigenvalue weighted by molar-refractivity contribution is 0.200. The molecule has 0 aliphatic carbocycles. The molecule has 1 unspecified atom stereocenters. The van der Waals surface area contributed by atoms with Gasteiger partial charge >= 0.3 is 0 Å². The highest BCUT2D eigenvalue weighted by molar-refractivity contribution is 7.11. The molecule has 2 aromatic rings. The van der Waals surface area contributed by atoms with Crippen LogP contribution >= 0.6 is 22.7 Å². The molecular formula is C12H15N3S2. The molecule has 3 nitrogen and oxygen atoms in total. The van der Waals surface area contributed by atoms with Crippen LogP contribution in [0, 0.1) is 0 Å². The standard InChI is InChI=1S/C12H15N3S2/c1-2-10(16-8-1)11(12-14-5-9-17-12)15-6-3-13-4-7-15/h1-2,5,8-9,11,13H,3-4,6-7H2. The normalized spacial score (nSPS) is 19.3. The lowest BCUT2D eigenvalue weighted by Gasteiger charge is -2.33. The number of aromatic nitrogens is 1. The summed E-state index contributed by atoms with van der Waals surface area (Å²) >= 11 is 3.58. The summed E-state index contributed by atoms with van der Waals surface area (Å²) in [5.74, 6) is 0. The molecule has 0 radical (unpaired) electrons. The van der Waals surface area contributed by atoms with Crippen LogP contribution in [0.4, 0.5) is 0 Å². The predicted octanol–water partition coefficient (Wildman–Crippen LogP) is 2.20. The second kappa shape index (κ2) is 5.27. The molecule has 1 saturated heterocycles. The minimum absolute atomic E-state index is 0.358. The molecule has 5 heteroatoms. The van der Waals surface area contributed by atoms with Gasteiger partial charge in [-0.2, -0.15) is 0 Å². The summed E-state index contributed by atoms with van der Waals surface area (Å²) in [6, 6.07) is 4.71. The molecule has 3 heterocycles. The lowest BCUT2D eigenvalue weighted by Crippen LogP contribution is -2.45. The summed E-state index contributed by atoms with van der Waals surface area (Å²) in [6.45, 7) is 4.35. The Kier molecular flexibility index (Phi) is 3.51. The fourth-order valence-electron chi connectivity index (χ4n) is 2.21. The molecule has 0 amide bonds. The number of nitrogens with one attached hydrogen (secondary N) is 1. The molecule has 0 saturated carbocycles. The SMILES string of the molecule is c1csc(C(c2nccs2)N2CCNCC2)c1. The number of thiazole rings is 1. The molecule has 1 fully saturated rings. The van der Waals surface area contributed by atoms with Gasteiger partial charge in [-0.3, -0.25) is 4.90 Å². The van der Waals surface area contributed by atoms with Crippen LogP contribution < -0.4 is 5.32 Å². The van der Waals surface area contributed by atoms with E-state index in [1.807, 2.05) is 17.5 Å². The highest BCUT2D eigenvalue weighted by Crippen LogP contribution is 2.32. The summed E-state index contributed by atoms with van der Waals surface area (Å²) < 4.78 is 0. The van der Waals surface area contributed by atoms with Gasteiger partial charge in [0.2, 0.25) is 0 Å². The molecule has 17 heavy (non-hydrogen) atoms. The first-order valence-electron chi connectivity index (χ1n) is 5.83. The molecule has 90 valence electrons. The van der Waals surface area contributed by atoms with Crippen LogP contribution in [0.25, 0.3) is 0 Å². The molecule has 0 bridgehead atoms. The van der Waals surface area contributed by atoms with Crippen molar-refractivity contribution in [3.05, 3.63) is 39.0 Å². The Labute approximate surface area is 109 Å². The van der Waals surface area contributed by atoms with E-state index in [1.54, 1.807) is 11.3 Å². The summed E-state index contributed by atoms with van der Waals surface area (Å²) in [7, 11) is 0. The Morgan fingerprint density at radius 1 is 1.24 bits per heavy atom. The van der Waals surface area contributed by atoms with Crippen LogP contribution in [-0.2, 0) is 0 Å². The van der Waals surface area contributed by atoms with Crippen molar-refractivity contribution in [1.82, 2.24) is 15.2 Å². The van der Waals surface area contributed by atoms with Crippen molar-refractivity contribution >= 4 is 22.7 Å². The van der Waals surface area contributed by atoms with Crippen LogP contribution in [0.3, 0.4) is 0 Å². The minimum atomic E-state index is 0.358. The van der Waals surface area contributed by atoms with E-state index in [0.717, 1.165) is 26.2 Å². The van der Waals surface area contributed by atoms with E-state index < -0.39 is 0 Å². The maximum Gasteiger partial charge on any atom is 0.115 e. The van der Waals surface area contributed by atoms with Gasteiger partial charge in [-0.05, 0) is 11.4 Å². The van der Waals surface area contributed by atoms with Crippen molar-refractivity contribution in [3.63, 3.8) is 0 Å². The Bertz CT molecular complexity index is 398. The van der Waals surface area contributed by atoms with Crippen molar-refractivity contribution in [2.24, 2.45) is 0 Å². The van der Waals surface area contributed by atoms with Gasteiger partial charge in [0.15, 0.2) is 0 Å². The Balaban J connectivity index is 1.91. The summed E-state index contributed by atoms with van der Waals surface area (Å²) in [6.07, 6.45) is 1.91. The third kappa shape index (κ3) is 2.42. The maximum absolute atomic E-state index is 4.51. The van der Waals surface area contributed by atoms with Crippen LogP contribution in [0.1, 0.15) is 15.9 Å². The molecule has 1 aliphatic rings. The number of piperazine rings is 1. The van der Waals surface area contributed by atoms with Crippen LogP contribution in [-0.4, -0.2) is 36.1 Å².